The first kappa shape index (κ1) is 12.0. The highest BCUT2D eigenvalue weighted by Crippen LogP contribution is 2.23. The molecule has 1 fully saturated rings. The fourth-order valence-electron chi connectivity index (χ4n) is 2.11. The van der Waals surface area contributed by atoms with E-state index in [1.54, 1.807) is 4.40 Å². The molecule has 0 aliphatic carbocycles. The van der Waals surface area contributed by atoms with Gasteiger partial charge in [-0.2, -0.15) is 0 Å². The number of thiazole rings is 1. The summed E-state index contributed by atoms with van der Waals surface area (Å²) in [4.78, 5) is 21.5. The lowest BCUT2D eigenvalue weighted by Gasteiger charge is -2.32. The van der Waals surface area contributed by atoms with E-state index in [0.717, 1.165) is 31.1 Å². The summed E-state index contributed by atoms with van der Waals surface area (Å²) in [5, 5.41) is 2.20. The van der Waals surface area contributed by atoms with Crippen LogP contribution in [-0.4, -0.2) is 58.3 Å². The Kier molecular flexibility index (Phi) is 3.01. The molecular weight excluding hydrogens is 272 g/mol. The van der Waals surface area contributed by atoms with E-state index in [0.29, 0.717) is 10.8 Å². The number of imidazole rings is 1. The average molecular weight is 285 g/mol. The highest BCUT2D eigenvalue weighted by atomic mass is 35.5. The standard InChI is InChI=1S/C11H13ClN4OS/c1-14-2-4-15(5-3-14)10(17)8-9(12)13-11-16(8)6-7-18-11/h6-7H,2-5H2,1H3. The van der Waals surface area contributed by atoms with Gasteiger partial charge in [0.15, 0.2) is 15.8 Å². The average Bonchev–Trinajstić information content (AvgIpc) is 2.89. The van der Waals surface area contributed by atoms with Crippen molar-refractivity contribution in [2.75, 3.05) is 33.2 Å². The van der Waals surface area contributed by atoms with Crippen LogP contribution in [0.5, 0.6) is 0 Å². The molecule has 1 aliphatic rings. The van der Waals surface area contributed by atoms with Gasteiger partial charge in [0.2, 0.25) is 0 Å². The second kappa shape index (κ2) is 4.53. The molecule has 2 aromatic heterocycles. The van der Waals surface area contributed by atoms with Crippen LogP contribution in [0.1, 0.15) is 10.5 Å². The number of hydrogen-bond acceptors (Lipinski definition) is 4. The topological polar surface area (TPSA) is 40.8 Å². The number of piperazine rings is 1. The fourth-order valence-corrected chi connectivity index (χ4v) is 3.13. The summed E-state index contributed by atoms with van der Waals surface area (Å²) in [6.07, 6.45) is 1.84. The van der Waals surface area contributed by atoms with E-state index < -0.39 is 0 Å². The SMILES string of the molecule is CN1CCN(C(=O)c2c(Cl)nc3sccn23)CC1. The lowest BCUT2D eigenvalue weighted by Crippen LogP contribution is -2.47. The summed E-state index contributed by atoms with van der Waals surface area (Å²) < 4.78 is 1.77. The summed E-state index contributed by atoms with van der Waals surface area (Å²) in [7, 11) is 2.06. The number of hydrogen-bond donors (Lipinski definition) is 0. The van der Waals surface area contributed by atoms with Crippen LogP contribution in [0.2, 0.25) is 5.15 Å². The highest BCUT2D eigenvalue weighted by Gasteiger charge is 2.26. The zero-order valence-corrected chi connectivity index (χ0v) is 11.5. The maximum absolute atomic E-state index is 12.5. The lowest BCUT2D eigenvalue weighted by molar-refractivity contribution is 0.0657. The van der Waals surface area contributed by atoms with Gasteiger partial charge in [-0.05, 0) is 7.05 Å². The predicted molar refractivity (Wildman–Crippen MR) is 71.5 cm³/mol. The monoisotopic (exact) mass is 284 g/mol. The van der Waals surface area contributed by atoms with Gasteiger partial charge in [-0.3, -0.25) is 9.20 Å². The number of aromatic nitrogens is 2. The molecular formula is C11H13ClN4OS. The molecule has 0 radical (unpaired) electrons. The van der Waals surface area contributed by atoms with E-state index in [9.17, 15) is 4.79 Å². The number of rotatable bonds is 1. The van der Waals surface area contributed by atoms with Crippen LogP contribution in [0.15, 0.2) is 11.6 Å². The van der Waals surface area contributed by atoms with Crippen molar-refractivity contribution in [2.24, 2.45) is 0 Å². The third-order valence-electron chi connectivity index (χ3n) is 3.21. The molecule has 3 heterocycles. The molecule has 2 aromatic rings. The maximum atomic E-state index is 12.5. The van der Waals surface area contributed by atoms with Crippen LogP contribution in [0.25, 0.3) is 4.96 Å². The molecule has 1 saturated heterocycles. The number of fused-ring (bicyclic) bond motifs is 1. The van der Waals surface area contributed by atoms with Crippen LogP contribution < -0.4 is 0 Å². The summed E-state index contributed by atoms with van der Waals surface area (Å²) >= 11 is 7.54. The molecule has 96 valence electrons. The quantitative estimate of drug-likeness (QED) is 0.796. The van der Waals surface area contributed by atoms with Crippen molar-refractivity contribution < 1.29 is 4.79 Å². The number of carbonyl (C=O) groups excluding carboxylic acids is 1. The van der Waals surface area contributed by atoms with E-state index in [4.69, 9.17) is 11.6 Å². The molecule has 0 aromatic carbocycles. The Bertz CT molecular complexity index is 585. The van der Waals surface area contributed by atoms with Crippen LogP contribution in [-0.2, 0) is 0 Å². The molecule has 0 spiro atoms. The second-order valence-corrected chi connectivity index (χ2v) is 5.63. The van der Waals surface area contributed by atoms with Gasteiger partial charge in [0, 0.05) is 37.8 Å². The normalized spacial score (nSPS) is 17.6. The Balaban J connectivity index is 1.92. The fraction of sp³-hybridized carbons (Fsp3) is 0.455. The lowest BCUT2D eigenvalue weighted by atomic mass is 10.3. The van der Waals surface area contributed by atoms with Gasteiger partial charge in [-0.25, -0.2) is 4.98 Å². The van der Waals surface area contributed by atoms with Gasteiger partial charge in [-0.15, -0.1) is 11.3 Å². The Morgan fingerprint density at radius 1 is 1.39 bits per heavy atom. The van der Waals surface area contributed by atoms with Gasteiger partial charge >= 0.3 is 0 Å². The summed E-state index contributed by atoms with van der Waals surface area (Å²) in [5.74, 6) is -0.0287. The molecule has 0 N–H and O–H groups in total. The van der Waals surface area contributed by atoms with Crippen LogP contribution in [0, 0.1) is 0 Å². The third-order valence-corrected chi connectivity index (χ3v) is 4.23. The number of amides is 1. The smallest absolute Gasteiger partial charge is 0.274 e. The van der Waals surface area contributed by atoms with Gasteiger partial charge in [0.05, 0.1) is 0 Å². The van der Waals surface area contributed by atoms with Crippen LogP contribution in [0.3, 0.4) is 0 Å². The van der Waals surface area contributed by atoms with Crippen molar-refractivity contribution in [2.45, 2.75) is 0 Å². The van der Waals surface area contributed by atoms with Crippen LogP contribution in [0.4, 0.5) is 0 Å². The zero-order chi connectivity index (χ0) is 12.7. The van der Waals surface area contributed by atoms with E-state index in [-0.39, 0.29) is 5.91 Å². The van der Waals surface area contributed by atoms with Crippen molar-refractivity contribution in [1.82, 2.24) is 19.2 Å². The van der Waals surface area contributed by atoms with Gasteiger partial charge in [0.1, 0.15) is 0 Å². The van der Waals surface area contributed by atoms with Gasteiger partial charge < -0.3 is 9.80 Å². The first-order chi connectivity index (χ1) is 8.66. The molecule has 0 unspecified atom stereocenters. The number of halogens is 1. The first-order valence-corrected chi connectivity index (χ1v) is 7.01. The minimum absolute atomic E-state index is 0.0287. The predicted octanol–water partition coefficient (Wildman–Crippen LogP) is 1.44. The molecule has 18 heavy (non-hydrogen) atoms. The maximum Gasteiger partial charge on any atom is 0.274 e. The second-order valence-electron chi connectivity index (χ2n) is 4.40. The van der Waals surface area contributed by atoms with Crippen molar-refractivity contribution in [1.29, 1.82) is 0 Å². The molecule has 0 atom stereocenters. The molecule has 1 amide bonds. The van der Waals surface area contributed by atoms with Gasteiger partial charge in [-0.1, -0.05) is 11.6 Å². The first-order valence-electron chi connectivity index (χ1n) is 5.75. The molecule has 3 rings (SSSR count). The van der Waals surface area contributed by atoms with E-state index in [2.05, 4.69) is 16.9 Å². The minimum atomic E-state index is -0.0287. The van der Waals surface area contributed by atoms with Crippen molar-refractivity contribution in [3.05, 3.63) is 22.4 Å². The Hall–Kier alpha value is -1.11. The van der Waals surface area contributed by atoms with E-state index in [1.165, 1.54) is 11.3 Å². The highest BCUT2D eigenvalue weighted by molar-refractivity contribution is 7.15. The molecule has 5 nitrogen and oxygen atoms in total. The Morgan fingerprint density at radius 3 is 2.83 bits per heavy atom. The zero-order valence-electron chi connectivity index (χ0n) is 9.97. The van der Waals surface area contributed by atoms with Crippen molar-refractivity contribution in [3.8, 4) is 0 Å². The van der Waals surface area contributed by atoms with Crippen LogP contribution >= 0.6 is 22.9 Å². The summed E-state index contributed by atoms with van der Waals surface area (Å²) in [6, 6.07) is 0. The Morgan fingerprint density at radius 2 is 2.11 bits per heavy atom. The largest absolute Gasteiger partial charge is 0.335 e. The molecule has 7 heteroatoms. The summed E-state index contributed by atoms with van der Waals surface area (Å²) in [5.41, 5.74) is 0.484. The Labute approximate surface area is 114 Å². The van der Waals surface area contributed by atoms with Crippen molar-refractivity contribution in [3.63, 3.8) is 0 Å². The molecule has 0 bridgehead atoms. The number of nitrogens with zero attached hydrogens (tertiary/aromatic N) is 4. The summed E-state index contributed by atoms with van der Waals surface area (Å²) in [6.45, 7) is 3.27. The van der Waals surface area contributed by atoms with Gasteiger partial charge in [0.25, 0.3) is 5.91 Å². The van der Waals surface area contributed by atoms with E-state index >= 15 is 0 Å². The molecule has 1 aliphatic heterocycles. The third kappa shape index (κ3) is 1.90. The molecule has 0 saturated carbocycles. The van der Waals surface area contributed by atoms with Crippen molar-refractivity contribution >= 4 is 33.8 Å². The number of carbonyl (C=O) groups is 1. The van der Waals surface area contributed by atoms with E-state index in [1.807, 2.05) is 16.5 Å². The number of likely N-dealkylation sites (N-methyl/N-ethyl adjacent to an activating group) is 1. The minimum Gasteiger partial charge on any atom is -0.335 e.